The van der Waals surface area contributed by atoms with Gasteiger partial charge < -0.3 is 10.6 Å². The van der Waals surface area contributed by atoms with Crippen molar-refractivity contribution in [2.24, 2.45) is 11.3 Å². The summed E-state index contributed by atoms with van der Waals surface area (Å²) in [6.45, 7) is 6.95. The van der Waals surface area contributed by atoms with Crippen molar-refractivity contribution in [3.63, 3.8) is 0 Å². The summed E-state index contributed by atoms with van der Waals surface area (Å²) in [4.78, 5) is 14.2. The van der Waals surface area contributed by atoms with Crippen LogP contribution in [0.3, 0.4) is 0 Å². The van der Waals surface area contributed by atoms with E-state index in [2.05, 4.69) is 31.4 Å². The van der Waals surface area contributed by atoms with Gasteiger partial charge in [0, 0.05) is 9.90 Å². The number of benzene rings is 1. The molecule has 2 N–H and O–H groups in total. The first-order chi connectivity index (χ1) is 11.8. The number of thiophene rings is 1. The highest BCUT2D eigenvalue weighted by molar-refractivity contribution is 7.16. The maximum atomic E-state index is 12.8. The summed E-state index contributed by atoms with van der Waals surface area (Å²) in [5, 5.41) is 8.33. The number of carbonyl (C=O) groups excluding carboxylic acids is 1. The molecule has 25 heavy (non-hydrogen) atoms. The molecular weight excluding hydrogens is 352 g/mol. The molecule has 2 aromatic rings. The minimum absolute atomic E-state index is 0.0420. The molecule has 0 saturated carbocycles. The number of amides is 1. The SMILES string of the molecule is CC(C)(C)C1CCc2c(sc3c2C(=O)NC(c2ccc(Cl)cc2)N3)C1. The van der Waals surface area contributed by atoms with E-state index in [0.29, 0.717) is 16.4 Å². The smallest absolute Gasteiger partial charge is 0.256 e. The lowest BCUT2D eigenvalue weighted by Gasteiger charge is -2.34. The van der Waals surface area contributed by atoms with E-state index in [4.69, 9.17) is 11.6 Å². The molecule has 3 nitrogen and oxygen atoms in total. The molecule has 4 rings (SSSR count). The van der Waals surface area contributed by atoms with Crippen LogP contribution in [-0.2, 0) is 12.8 Å². The molecule has 1 amide bonds. The molecule has 1 aliphatic heterocycles. The molecule has 0 bridgehead atoms. The van der Waals surface area contributed by atoms with Gasteiger partial charge in [-0.2, -0.15) is 0 Å². The molecule has 2 unspecified atom stereocenters. The fourth-order valence-corrected chi connectivity index (χ4v) is 5.34. The minimum Gasteiger partial charge on any atom is -0.353 e. The Morgan fingerprint density at radius 2 is 1.88 bits per heavy atom. The molecule has 0 spiro atoms. The van der Waals surface area contributed by atoms with Gasteiger partial charge in [0.25, 0.3) is 5.91 Å². The third kappa shape index (κ3) is 3.06. The molecular formula is C20H23ClN2OS. The predicted molar refractivity (Wildman–Crippen MR) is 105 cm³/mol. The van der Waals surface area contributed by atoms with Gasteiger partial charge in [-0.3, -0.25) is 4.79 Å². The summed E-state index contributed by atoms with van der Waals surface area (Å²) in [5.41, 5.74) is 3.46. The molecule has 1 aliphatic carbocycles. The van der Waals surface area contributed by atoms with E-state index in [1.807, 2.05) is 24.3 Å². The van der Waals surface area contributed by atoms with Gasteiger partial charge in [0.05, 0.1) is 5.56 Å². The molecule has 2 atom stereocenters. The molecule has 0 fully saturated rings. The van der Waals surface area contributed by atoms with Crippen LogP contribution in [0.5, 0.6) is 0 Å². The molecule has 2 heterocycles. The fourth-order valence-electron chi connectivity index (χ4n) is 3.86. The van der Waals surface area contributed by atoms with E-state index < -0.39 is 0 Å². The maximum Gasteiger partial charge on any atom is 0.256 e. The van der Waals surface area contributed by atoms with Gasteiger partial charge in [-0.15, -0.1) is 11.3 Å². The van der Waals surface area contributed by atoms with E-state index in [-0.39, 0.29) is 12.1 Å². The second-order valence-corrected chi connectivity index (χ2v) is 9.66. The van der Waals surface area contributed by atoms with Crippen molar-refractivity contribution in [2.75, 3.05) is 5.32 Å². The zero-order chi connectivity index (χ0) is 17.8. The highest BCUT2D eigenvalue weighted by Gasteiger charge is 2.36. The lowest BCUT2D eigenvalue weighted by atomic mass is 9.72. The zero-order valence-corrected chi connectivity index (χ0v) is 16.4. The number of hydrogen-bond donors (Lipinski definition) is 2. The van der Waals surface area contributed by atoms with E-state index in [1.54, 1.807) is 11.3 Å². The lowest BCUT2D eigenvalue weighted by molar-refractivity contribution is 0.0935. The highest BCUT2D eigenvalue weighted by Crippen LogP contribution is 2.46. The van der Waals surface area contributed by atoms with Crippen molar-refractivity contribution in [3.05, 3.63) is 50.9 Å². The van der Waals surface area contributed by atoms with Crippen molar-refractivity contribution in [1.82, 2.24) is 5.32 Å². The number of halogens is 1. The first-order valence-electron chi connectivity index (χ1n) is 8.80. The summed E-state index contributed by atoms with van der Waals surface area (Å²) in [7, 11) is 0. The highest BCUT2D eigenvalue weighted by atomic mass is 35.5. The minimum atomic E-state index is -0.198. The van der Waals surface area contributed by atoms with Gasteiger partial charge in [-0.05, 0) is 53.9 Å². The van der Waals surface area contributed by atoms with Crippen LogP contribution in [0.25, 0.3) is 0 Å². The van der Waals surface area contributed by atoms with E-state index >= 15 is 0 Å². The number of anilines is 1. The Morgan fingerprint density at radius 3 is 2.56 bits per heavy atom. The lowest BCUT2D eigenvalue weighted by Crippen LogP contribution is -2.38. The third-order valence-corrected chi connectivity index (χ3v) is 6.91. The number of nitrogens with one attached hydrogen (secondary N) is 2. The maximum absolute atomic E-state index is 12.8. The van der Waals surface area contributed by atoms with Crippen molar-refractivity contribution in [1.29, 1.82) is 0 Å². The summed E-state index contributed by atoms with van der Waals surface area (Å²) in [6, 6.07) is 7.62. The Labute approximate surface area is 157 Å². The normalized spacial score (nSPS) is 22.6. The van der Waals surface area contributed by atoms with Gasteiger partial charge in [0.15, 0.2) is 0 Å². The van der Waals surface area contributed by atoms with Gasteiger partial charge in [-0.25, -0.2) is 0 Å². The van der Waals surface area contributed by atoms with Crippen LogP contribution in [0.1, 0.15) is 59.7 Å². The summed E-state index contributed by atoms with van der Waals surface area (Å²) in [6.07, 6.45) is 3.05. The fraction of sp³-hybridized carbons (Fsp3) is 0.450. The van der Waals surface area contributed by atoms with Crippen LogP contribution in [0.2, 0.25) is 5.02 Å². The van der Waals surface area contributed by atoms with Crippen LogP contribution in [0.15, 0.2) is 24.3 Å². The molecule has 132 valence electrons. The Balaban J connectivity index is 1.64. The van der Waals surface area contributed by atoms with Crippen molar-refractivity contribution < 1.29 is 4.79 Å². The molecule has 1 aromatic carbocycles. The first kappa shape index (κ1) is 16.9. The van der Waals surface area contributed by atoms with Crippen molar-refractivity contribution >= 4 is 33.8 Å². The second-order valence-electron chi connectivity index (χ2n) is 8.12. The standard InChI is InChI=1S/C20H23ClN2OS/c1-20(2,3)12-6-9-14-15(10-12)25-19-16(14)18(24)22-17(23-19)11-4-7-13(21)8-5-11/h4-5,7-8,12,17,23H,6,9-10H2,1-3H3,(H,22,24). The average Bonchev–Trinajstić information content (AvgIpc) is 2.92. The number of hydrogen-bond acceptors (Lipinski definition) is 3. The number of carbonyl (C=O) groups is 1. The Bertz CT molecular complexity index is 819. The number of fused-ring (bicyclic) bond motifs is 3. The Hall–Kier alpha value is -1.52. The van der Waals surface area contributed by atoms with Crippen molar-refractivity contribution in [3.8, 4) is 0 Å². The Kier molecular flexibility index (Phi) is 4.08. The third-order valence-electron chi connectivity index (χ3n) is 5.47. The Morgan fingerprint density at radius 1 is 1.16 bits per heavy atom. The molecule has 5 heteroatoms. The summed E-state index contributed by atoms with van der Waals surface area (Å²) in [5.74, 6) is 0.718. The molecule has 0 saturated heterocycles. The van der Waals surface area contributed by atoms with Gasteiger partial charge >= 0.3 is 0 Å². The quantitative estimate of drug-likeness (QED) is 0.701. The number of rotatable bonds is 1. The van der Waals surface area contributed by atoms with E-state index in [0.717, 1.165) is 35.4 Å². The molecule has 0 radical (unpaired) electrons. The van der Waals surface area contributed by atoms with Crippen LogP contribution in [0, 0.1) is 11.3 Å². The van der Waals surface area contributed by atoms with Crippen LogP contribution >= 0.6 is 22.9 Å². The molecule has 2 aliphatic rings. The van der Waals surface area contributed by atoms with Crippen LogP contribution in [-0.4, -0.2) is 5.91 Å². The van der Waals surface area contributed by atoms with Crippen LogP contribution in [0.4, 0.5) is 5.00 Å². The monoisotopic (exact) mass is 374 g/mol. The zero-order valence-electron chi connectivity index (χ0n) is 14.8. The van der Waals surface area contributed by atoms with E-state index in [1.165, 1.54) is 10.4 Å². The summed E-state index contributed by atoms with van der Waals surface area (Å²) < 4.78 is 0. The molecule has 1 aromatic heterocycles. The van der Waals surface area contributed by atoms with Gasteiger partial charge in [-0.1, -0.05) is 44.5 Å². The van der Waals surface area contributed by atoms with Gasteiger partial charge in [0.1, 0.15) is 11.2 Å². The van der Waals surface area contributed by atoms with E-state index in [9.17, 15) is 4.79 Å². The second kappa shape index (κ2) is 6.03. The van der Waals surface area contributed by atoms with Gasteiger partial charge in [0.2, 0.25) is 0 Å². The van der Waals surface area contributed by atoms with Crippen LogP contribution < -0.4 is 10.6 Å². The average molecular weight is 375 g/mol. The summed E-state index contributed by atoms with van der Waals surface area (Å²) >= 11 is 7.74. The topological polar surface area (TPSA) is 41.1 Å². The largest absolute Gasteiger partial charge is 0.353 e. The first-order valence-corrected chi connectivity index (χ1v) is 10.00. The van der Waals surface area contributed by atoms with Crippen molar-refractivity contribution in [2.45, 2.75) is 46.2 Å². The predicted octanol–water partition coefficient (Wildman–Crippen LogP) is 5.41.